The second kappa shape index (κ2) is 7.39. The molecule has 0 aliphatic heterocycles. The fourth-order valence-electron chi connectivity index (χ4n) is 2.76. The molecule has 1 aliphatic carbocycles. The molecule has 18 heavy (non-hydrogen) atoms. The normalized spacial score (nSPS) is 26.9. The third kappa shape index (κ3) is 4.31. The minimum absolute atomic E-state index is 0.0309. The van der Waals surface area contributed by atoms with Gasteiger partial charge in [0.1, 0.15) is 0 Å². The van der Waals surface area contributed by atoms with Crippen molar-refractivity contribution in [1.82, 2.24) is 5.32 Å². The summed E-state index contributed by atoms with van der Waals surface area (Å²) in [6.45, 7) is 6.55. The lowest BCUT2D eigenvalue weighted by atomic mass is 9.93. The van der Waals surface area contributed by atoms with E-state index in [1.54, 1.807) is 6.92 Å². The van der Waals surface area contributed by atoms with Crippen LogP contribution in [0.25, 0.3) is 0 Å². The van der Waals surface area contributed by atoms with Gasteiger partial charge in [-0.15, -0.1) is 0 Å². The molecule has 3 unspecified atom stereocenters. The van der Waals surface area contributed by atoms with Gasteiger partial charge in [0.2, 0.25) is 5.91 Å². The quantitative estimate of drug-likeness (QED) is 0.741. The van der Waals surface area contributed by atoms with Crippen LogP contribution < -0.4 is 5.32 Å². The van der Waals surface area contributed by atoms with E-state index in [4.69, 9.17) is 4.74 Å². The maximum atomic E-state index is 11.7. The highest BCUT2D eigenvalue weighted by Gasteiger charge is 2.32. The Labute approximate surface area is 109 Å². The molecule has 1 saturated carbocycles. The number of nitrogens with one attached hydrogen (secondary N) is 1. The lowest BCUT2D eigenvalue weighted by Crippen LogP contribution is -2.37. The number of carbonyl (C=O) groups excluding carboxylic acids is 2. The number of hydrogen-bond donors (Lipinski definition) is 1. The van der Waals surface area contributed by atoms with E-state index in [0.29, 0.717) is 12.5 Å². The molecule has 0 saturated heterocycles. The van der Waals surface area contributed by atoms with Crippen molar-refractivity contribution in [3.63, 3.8) is 0 Å². The van der Waals surface area contributed by atoms with Crippen LogP contribution in [0, 0.1) is 11.8 Å². The van der Waals surface area contributed by atoms with Crippen molar-refractivity contribution in [3.8, 4) is 0 Å². The van der Waals surface area contributed by atoms with Crippen molar-refractivity contribution in [2.45, 2.75) is 58.9 Å². The van der Waals surface area contributed by atoms with Crippen molar-refractivity contribution >= 4 is 11.9 Å². The summed E-state index contributed by atoms with van der Waals surface area (Å²) in [7, 11) is 0. The van der Waals surface area contributed by atoms with Crippen molar-refractivity contribution in [2.24, 2.45) is 11.8 Å². The van der Waals surface area contributed by atoms with Gasteiger partial charge in [-0.25, -0.2) is 0 Å². The van der Waals surface area contributed by atoms with Gasteiger partial charge in [-0.2, -0.15) is 0 Å². The minimum atomic E-state index is -0.293. The van der Waals surface area contributed by atoms with Crippen LogP contribution >= 0.6 is 0 Å². The van der Waals surface area contributed by atoms with E-state index in [0.717, 1.165) is 12.3 Å². The monoisotopic (exact) mass is 255 g/mol. The SMILES string of the molecule is CCOC(=O)CCC(=O)NC1CCC(CC)C1C. The third-order valence-corrected chi connectivity index (χ3v) is 3.96. The molecule has 1 rings (SSSR count). The second-order valence-corrected chi connectivity index (χ2v) is 5.08. The molecule has 0 heterocycles. The Bertz CT molecular complexity index is 291. The first-order valence-corrected chi connectivity index (χ1v) is 7.03. The van der Waals surface area contributed by atoms with E-state index in [1.807, 2.05) is 0 Å². The average Bonchev–Trinajstić information content (AvgIpc) is 2.68. The Balaban J connectivity index is 2.26. The number of amides is 1. The van der Waals surface area contributed by atoms with Crippen LogP contribution in [0.5, 0.6) is 0 Å². The van der Waals surface area contributed by atoms with Crippen LogP contribution in [0.15, 0.2) is 0 Å². The molecule has 0 spiro atoms. The Morgan fingerprint density at radius 1 is 1.22 bits per heavy atom. The van der Waals surface area contributed by atoms with Gasteiger partial charge in [0.05, 0.1) is 13.0 Å². The standard InChI is InChI=1S/C14H25NO3/c1-4-11-6-7-12(10(11)3)15-13(16)8-9-14(17)18-5-2/h10-12H,4-9H2,1-3H3,(H,15,16). The van der Waals surface area contributed by atoms with Crippen LogP contribution in [-0.2, 0) is 14.3 Å². The molecule has 0 aromatic rings. The van der Waals surface area contributed by atoms with Crippen LogP contribution in [0.4, 0.5) is 0 Å². The number of ether oxygens (including phenoxy) is 1. The van der Waals surface area contributed by atoms with Crippen LogP contribution in [0.2, 0.25) is 0 Å². The van der Waals surface area contributed by atoms with E-state index < -0.39 is 0 Å². The van der Waals surface area contributed by atoms with Crippen molar-refractivity contribution in [3.05, 3.63) is 0 Å². The first-order chi connectivity index (χ1) is 8.58. The zero-order chi connectivity index (χ0) is 13.5. The van der Waals surface area contributed by atoms with E-state index in [9.17, 15) is 9.59 Å². The topological polar surface area (TPSA) is 55.4 Å². The van der Waals surface area contributed by atoms with Gasteiger partial charge in [0, 0.05) is 12.5 Å². The molecule has 0 aromatic carbocycles. The highest BCUT2D eigenvalue weighted by atomic mass is 16.5. The van der Waals surface area contributed by atoms with Gasteiger partial charge >= 0.3 is 5.97 Å². The third-order valence-electron chi connectivity index (χ3n) is 3.96. The lowest BCUT2D eigenvalue weighted by molar-refractivity contribution is -0.144. The van der Waals surface area contributed by atoms with Gasteiger partial charge in [0.25, 0.3) is 0 Å². The van der Waals surface area contributed by atoms with Gasteiger partial charge in [-0.3, -0.25) is 9.59 Å². The van der Waals surface area contributed by atoms with Crippen molar-refractivity contribution in [1.29, 1.82) is 0 Å². The second-order valence-electron chi connectivity index (χ2n) is 5.08. The molecule has 0 radical (unpaired) electrons. The summed E-state index contributed by atoms with van der Waals surface area (Å²) in [5, 5.41) is 3.04. The molecule has 0 bridgehead atoms. The zero-order valence-corrected chi connectivity index (χ0v) is 11.7. The lowest BCUT2D eigenvalue weighted by Gasteiger charge is -2.20. The molecule has 4 nitrogen and oxygen atoms in total. The summed E-state index contributed by atoms with van der Waals surface area (Å²) < 4.78 is 4.80. The predicted octanol–water partition coefficient (Wildman–Crippen LogP) is 2.27. The van der Waals surface area contributed by atoms with E-state index in [-0.39, 0.29) is 30.8 Å². The first kappa shape index (κ1) is 15.0. The van der Waals surface area contributed by atoms with Crippen molar-refractivity contribution in [2.75, 3.05) is 6.61 Å². The Kier molecular flexibility index (Phi) is 6.16. The Morgan fingerprint density at radius 3 is 2.50 bits per heavy atom. The zero-order valence-electron chi connectivity index (χ0n) is 11.7. The average molecular weight is 255 g/mol. The summed E-state index contributed by atoms with van der Waals surface area (Å²) >= 11 is 0. The van der Waals surface area contributed by atoms with Crippen LogP contribution in [0.3, 0.4) is 0 Å². The maximum Gasteiger partial charge on any atom is 0.306 e. The van der Waals surface area contributed by atoms with Crippen LogP contribution in [0.1, 0.15) is 52.9 Å². The fourth-order valence-corrected chi connectivity index (χ4v) is 2.76. The number of carbonyl (C=O) groups is 2. The summed E-state index contributed by atoms with van der Waals surface area (Å²) in [6.07, 6.45) is 3.85. The molecule has 1 fully saturated rings. The molecule has 1 aliphatic rings. The number of rotatable bonds is 6. The molecule has 0 aromatic heterocycles. The molecule has 104 valence electrons. The Morgan fingerprint density at radius 2 is 1.94 bits per heavy atom. The largest absolute Gasteiger partial charge is 0.466 e. The van der Waals surface area contributed by atoms with Gasteiger partial charge in [-0.1, -0.05) is 20.3 Å². The molecular formula is C14H25NO3. The predicted molar refractivity (Wildman–Crippen MR) is 70.0 cm³/mol. The van der Waals surface area contributed by atoms with Gasteiger partial charge in [-0.05, 0) is 31.6 Å². The number of esters is 1. The van der Waals surface area contributed by atoms with E-state index in [2.05, 4.69) is 19.2 Å². The van der Waals surface area contributed by atoms with Crippen molar-refractivity contribution < 1.29 is 14.3 Å². The minimum Gasteiger partial charge on any atom is -0.466 e. The molecular weight excluding hydrogens is 230 g/mol. The molecule has 1 N–H and O–H groups in total. The summed E-state index contributed by atoms with van der Waals surface area (Å²) in [5.41, 5.74) is 0. The first-order valence-electron chi connectivity index (χ1n) is 7.03. The van der Waals surface area contributed by atoms with Gasteiger partial charge < -0.3 is 10.1 Å². The number of hydrogen-bond acceptors (Lipinski definition) is 3. The van der Waals surface area contributed by atoms with E-state index in [1.165, 1.54) is 12.8 Å². The highest BCUT2D eigenvalue weighted by molar-refractivity contribution is 5.81. The Hall–Kier alpha value is -1.06. The highest BCUT2D eigenvalue weighted by Crippen LogP contribution is 2.33. The summed E-state index contributed by atoms with van der Waals surface area (Å²) in [6, 6.07) is 0.282. The smallest absolute Gasteiger partial charge is 0.306 e. The van der Waals surface area contributed by atoms with Crippen LogP contribution in [-0.4, -0.2) is 24.5 Å². The van der Waals surface area contributed by atoms with E-state index >= 15 is 0 Å². The fraction of sp³-hybridized carbons (Fsp3) is 0.857. The summed E-state index contributed by atoms with van der Waals surface area (Å²) in [4.78, 5) is 22.9. The van der Waals surface area contributed by atoms with Gasteiger partial charge in [0.15, 0.2) is 0 Å². The summed E-state index contributed by atoms with van der Waals surface area (Å²) in [5.74, 6) is 0.942. The molecule has 3 atom stereocenters. The molecule has 1 amide bonds. The maximum absolute atomic E-state index is 11.7. The molecule has 4 heteroatoms.